The third kappa shape index (κ3) is 1.64. The van der Waals surface area contributed by atoms with Crippen LogP contribution in [-0.2, 0) is 6.42 Å². The first-order valence-electron chi connectivity index (χ1n) is 3.61. The summed E-state index contributed by atoms with van der Waals surface area (Å²) in [6, 6.07) is 6.77. The van der Waals surface area contributed by atoms with Crippen LogP contribution < -0.4 is 0 Å². The van der Waals surface area contributed by atoms with E-state index in [1.807, 2.05) is 6.07 Å². The normalized spacial score (nSPS) is 8.92. The first-order valence-corrected chi connectivity index (χ1v) is 3.61. The van der Waals surface area contributed by atoms with Crippen molar-refractivity contribution in [1.29, 1.82) is 5.26 Å². The van der Waals surface area contributed by atoms with Crippen LogP contribution in [0.4, 0.5) is 0 Å². The predicted molar refractivity (Wildman–Crippen MR) is 46.7 cm³/mol. The zero-order chi connectivity index (χ0) is 8.97. The third-order valence-electron chi connectivity index (χ3n) is 1.58. The fraction of sp³-hybridized carbons (Fsp3) is 0.100. The van der Waals surface area contributed by atoms with Crippen LogP contribution in [0.25, 0.3) is 0 Å². The molecule has 12 heavy (non-hydrogen) atoms. The van der Waals surface area contributed by atoms with Gasteiger partial charge in [0, 0.05) is 0 Å². The van der Waals surface area contributed by atoms with Crippen LogP contribution in [0.5, 0.6) is 5.75 Å². The quantitative estimate of drug-likeness (QED) is 0.670. The smallest absolute Gasteiger partial charge is 0.116 e. The standard InChI is InChI=1S/C10H9NO/c1-2-3-8-4-5-10(12)6-9(8)7-11/h2,4-6,12H,1,3H2. The van der Waals surface area contributed by atoms with Crippen LogP contribution in [0.1, 0.15) is 11.1 Å². The number of nitriles is 1. The van der Waals surface area contributed by atoms with Crippen molar-refractivity contribution in [2.45, 2.75) is 6.42 Å². The summed E-state index contributed by atoms with van der Waals surface area (Å²) in [5, 5.41) is 17.7. The first-order chi connectivity index (χ1) is 5.77. The molecule has 1 aromatic carbocycles. The minimum Gasteiger partial charge on any atom is -0.508 e. The summed E-state index contributed by atoms with van der Waals surface area (Å²) in [7, 11) is 0. The van der Waals surface area contributed by atoms with Crippen molar-refractivity contribution in [3.63, 3.8) is 0 Å². The van der Waals surface area contributed by atoms with Gasteiger partial charge in [-0.05, 0) is 24.1 Å². The highest BCUT2D eigenvalue weighted by Gasteiger charge is 2.00. The largest absolute Gasteiger partial charge is 0.508 e. The second-order valence-electron chi connectivity index (χ2n) is 2.45. The molecule has 0 fully saturated rings. The number of benzene rings is 1. The highest BCUT2D eigenvalue weighted by molar-refractivity contribution is 5.43. The van der Waals surface area contributed by atoms with E-state index >= 15 is 0 Å². The van der Waals surface area contributed by atoms with Gasteiger partial charge in [-0.15, -0.1) is 6.58 Å². The SMILES string of the molecule is C=CCc1ccc(O)cc1C#N. The Morgan fingerprint density at radius 2 is 2.33 bits per heavy atom. The molecule has 1 rings (SSSR count). The van der Waals surface area contributed by atoms with Gasteiger partial charge in [-0.3, -0.25) is 0 Å². The molecular formula is C10H9NO. The molecule has 1 N–H and O–H groups in total. The van der Waals surface area contributed by atoms with Crippen LogP contribution in [0.15, 0.2) is 30.9 Å². The molecule has 0 spiro atoms. The molecule has 2 nitrogen and oxygen atoms in total. The molecule has 0 aliphatic heterocycles. The second kappa shape index (κ2) is 3.59. The Labute approximate surface area is 71.4 Å². The van der Waals surface area contributed by atoms with E-state index in [-0.39, 0.29) is 5.75 Å². The fourth-order valence-corrected chi connectivity index (χ4v) is 1.00. The Morgan fingerprint density at radius 3 is 2.92 bits per heavy atom. The van der Waals surface area contributed by atoms with Gasteiger partial charge in [-0.25, -0.2) is 0 Å². The third-order valence-corrected chi connectivity index (χ3v) is 1.58. The Bertz CT molecular complexity index is 336. The lowest BCUT2D eigenvalue weighted by molar-refractivity contribution is 0.475. The zero-order valence-corrected chi connectivity index (χ0v) is 6.62. The van der Waals surface area contributed by atoms with Gasteiger partial charge < -0.3 is 5.11 Å². The molecule has 0 heterocycles. The van der Waals surface area contributed by atoms with Gasteiger partial charge in [-0.1, -0.05) is 12.1 Å². The Balaban J connectivity index is 3.12. The molecule has 0 saturated heterocycles. The summed E-state index contributed by atoms with van der Waals surface area (Å²) < 4.78 is 0. The van der Waals surface area contributed by atoms with Crippen molar-refractivity contribution in [2.24, 2.45) is 0 Å². The van der Waals surface area contributed by atoms with Crippen molar-refractivity contribution < 1.29 is 5.11 Å². The van der Waals surface area contributed by atoms with Gasteiger partial charge in [-0.2, -0.15) is 5.26 Å². The van der Waals surface area contributed by atoms with E-state index in [4.69, 9.17) is 10.4 Å². The highest BCUT2D eigenvalue weighted by atomic mass is 16.3. The fourth-order valence-electron chi connectivity index (χ4n) is 1.00. The first kappa shape index (κ1) is 8.35. The Morgan fingerprint density at radius 1 is 1.58 bits per heavy atom. The van der Waals surface area contributed by atoms with Crippen LogP contribution >= 0.6 is 0 Å². The minimum atomic E-state index is 0.124. The maximum Gasteiger partial charge on any atom is 0.116 e. The summed E-state index contributed by atoms with van der Waals surface area (Å²) in [6.45, 7) is 3.58. The van der Waals surface area contributed by atoms with Gasteiger partial charge in [0.2, 0.25) is 0 Å². The lowest BCUT2D eigenvalue weighted by atomic mass is 10.1. The number of nitrogens with zero attached hydrogens (tertiary/aromatic N) is 1. The van der Waals surface area contributed by atoms with E-state index in [2.05, 4.69) is 6.58 Å². The molecule has 1 aromatic rings. The number of phenolic OH excluding ortho intramolecular Hbond substituents is 1. The van der Waals surface area contributed by atoms with Gasteiger partial charge in [0.15, 0.2) is 0 Å². The molecule has 0 aliphatic rings. The van der Waals surface area contributed by atoms with E-state index in [0.717, 1.165) is 5.56 Å². The van der Waals surface area contributed by atoms with Crippen LogP contribution in [0.3, 0.4) is 0 Å². The van der Waals surface area contributed by atoms with Crippen LogP contribution in [0, 0.1) is 11.3 Å². The topological polar surface area (TPSA) is 44.0 Å². The average molecular weight is 159 g/mol. The number of allylic oxidation sites excluding steroid dienone is 1. The monoisotopic (exact) mass is 159 g/mol. The van der Waals surface area contributed by atoms with Gasteiger partial charge >= 0.3 is 0 Å². The Hall–Kier alpha value is -1.75. The molecule has 0 aliphatic carbocycles. The molecule has 0 saturated carbocycles. The van der Waals surface area contributed by atoms with Crippen molar-refractivity contribution in [3.8, 4) is 11.8 Å². The molecular weight excluding hydrogens is 150 g/mol. The summed E-state index contributed by atoms with van der Waals surface area (Å²) in [6.07, 6.45) is 2.39. The summed E-state index contributed by atoms with van der Waals surface area (Å²) in [4.78, 5) is 0. The minimum absolute atomic E-state index is 0.124. The molecule has 0 unspecified atom stereocenters. The molecule has 0 radical (unpaired) electrons. The highest BCUT2D eigenvalue weighted by Crippen LogP contribution is 2.16. The molecule has 0 atom stereocenters. The van der Waals surface area contributed by atoms with Gasteiger partial charge in [0.25, 0.3) is 0 Å². The van der Waals surface area contributed by atoms with Gasteiger partial charge in [0.05, 0.1) is 11.6 Å². The maximum atomic E-state index is 9.06. The number of rotatable bonds is 2. The predicted octanol–water partition coefficient (Wildman–Crippen LogP) is 1.99. The Kier molecular flexibility index (Phi) is 2.49. The van der Waals surface area contributed by atoms with Crippen LogP contribution in [-0.4, -0.2) is 5.11 Å². The second-order valence-corrected chi connectivity index (χ2v) is 2.45. The van der Waals surface area contributed by atoms with Crippen molar-refractivity contribution in [3.05, 3.63) is 42.0 Å². The molecule has 0 amide bonds. The van der Waals surface area contributed by atoms with E-state index in [9.17, 15) is 0 Å². The summed E-state index contributed by atoms with van der Waals surface area (Å²) in [5.74, 6) is 0.124. The lowest BCUT2D eigenvalue weighted by Crippen LogP contribution is -1.86. The number of hydrogen-bond donors (Lipinski definition) is 1. The zero-order valence-electron chi connectivity index (χ0n) is 6.62. The van der Waals surface area contributed by atoms with E-state index in [1.54, 1.807) is 18.2 Å². The van der Waals surface area contributed by atoms with Gasteiger partial charge in [0.1, 0.15) is 5.75 Å². The molecule has 0 aromatic heterocycles. The van der Waals surface area contributed by atoms with E-state index < -0.39 is 0 Å². The van der Waals surface area contributed by atoms with Crippen LogP contribution in [0.2, 0.25) is 0 Å². The molecule has 60 valence electrons. The molecule has 0 bridgehead atoms. The summed E-state index contributed by atoms with van der Waals surface area (Å²) in [5.41, 5.74) is 1.40. The van der Waals surface area contributed by atoms with Crippen molar-refractivity contribution >= 4 is 0 Å². The summed E-state index contributed by atoms with van der Waals surface area (Å²) >= 11 is 0. The lowest BCUT2D eigenvalue weighted by Gasteiger charge is -1.99. The molecule has 2 heteroatoms. The van der Waals surface area contributed by atoms with Crippen molar-refractivity contribution in [1.82, 2.24) is 0 Å². The van der Waals surface area contributed by atoms with Crippen molar-refractivity contribution in [2.75, 3.05) is 0 Å². The maximum absolute atomic E-state index is 9.06. The number of hydrogen-bond acceptors (Lipinski definition) is 2. The van der Waals surface area contributed by atoms with E-state index in [0.29, 0.717) is 12.0 Å². The average Bonchev–Trinajstić information content (AvgIpc) is 2.08. The number of phenols is 1. The van der Waals surface area contributed by atoms with E-state index in [1.165, 1.54) is 6.07 Å². The number of aromatic hydroxyl groups is 1.